The second kappa shape index (κ2) is 5.87. The minimum Gasteiger partial charge on any atom is -0.483 e. The van der Waals surface area contributed by atoms with E-state index in [1.807, 2.05) is 24.3 Å². The molecule has 1 aliphatic rings. The molecule has 0 radical (unpaired) electrons. The number of rotatable bonds is 4. The second-order valence-corrected chi connectivity index (χ2v) is 4.64. The summed E-state index contributed by atoms with van der Waals surface area (Å²) in [5, 5.41) is 0. The number of hydrogen-bond acceptors (Lipinski definition) is 3. The van der Waals surface area contributed by atoms with E-state index in [4.69, 9.17) is 10.5 Å². The van der Waals surface area contributed by atoms with Crippen molar-refractivity contribution in [2.45, 2.75) is 25.8 Å². The van der Waals surface area contributed by atoms with Crippen molar-refractivity contribution in [1.82, 2.24) is 4.90 Å². The predicted molar refractivity (Wildman–Crippen MR) is 70.5 cm³/mol. The Morgan fingerprint density at radius 1 is 1.50 bits per heavy atom. The van der Waals surface area contributed by atoms with Crippen LogP contribution in [0.5, 0.6) is 5.75 Å². The van der Waals surface area contributed by atoms with Crippen molar-refractivity contribution in [2.24, 2.45) is 5.73 Å². The molecule has 0 spiro atoms. The molecular formula is C14H20N2O2. The highest BCUT2D eigenvalue weighted by Crippen LogP contribution is 2.18. The number of aryl methyl sites for hydroxylation is 1. The van der Waals surface area contributed by atoms with Gasteiger partial charge in [0.1, 0.15) is 5.75 Å². The van der Waals surface area contributed by atoms with Gasteiger partial charge in [-0.1, -0.05) is 25.1 Å². The van der Waals surface area contributed by atoms with Crippen LogP contribution in [-0.2, 0) is 11.2 Å². The molecule has 1 fully saturated rings. The molecule has 0 unspecified atom stereocenters. The molecule has 98 valence electrons. The van der Waals surface area contributed by atoms with Crippen LogP contribution < -0.4 is 10.5 Å². The van der Waals surface area contributed by atoms with Gasteiger partial charge in [-0.15, -0.1) is 0 Å². The van der Waals surface area contributed by atoms with Gasteiger partial charge in [-0.3, -0.25) is 4.79 Å². The molecule has 1 atom stereocenters. The minimum atomic E-state index is 0.0221. The zero-order valence-electron chi connectivity index (χ0n) is 10.8. The number of carbonyl (C=O) groups is 1. The van der Waals surface area contributed by atoms with Crippen LogP contribution in [0.4, 0.5) is 0 Å². The van der Waals surface area contributed by atoms with Gasteiger partial charge >= 0.3 is 0 Å². The lowest BCUT2D eigenvalue weighted by Crippen LogP contribution is -2.35. The predicted octanol–water partition coefficient (Wildman–Crippen LogP) is 1.19. The first-order valence-corrected chi connectivity index (χ1v) is 6.44. The van der Waals surface area contributed by atoms with E-state index in [1.165, 1.54) is 0 Å². The molecule has 4 heteroatoms. The zero-order valence-corrected chi connectivity index (χ0v) is 10.8. The number of amides is 1. The van der Waals surface area contributed by atoms with Crippen LogP contribution >= 0.6 is 0 Å². The van der Waals surface area contributed by atoms with E-state index in [1.54, 1.807) is 4.90 Å². The summed E-state index contributed by atoms with van der Waals surface area (Å²) < 4.78 is 5.61. The molecule has 1 amide bonds. The third kappa shape index (κ3) is 3.01. The maximum atomic E-state index is 11.9. The molecule has 1 aromatic carbocycles. The van der Waals surface area contributed by atoms with Crippen molar-refractivity contribution in [3.63, 3.8) is 0 Å². The van der Waals surface area contributed by atoms with Crippen molar-refractivity contribution >= 4 is 5.91 Å². The van der Waals surface area contributed by atoms with Crippen LogP contribution in [0.3, 0.4) is 0 Å². The maximum Gasteiger partial charge on any atom is 0.260 e. The van der Waals surface area contributed by atoms with Crippen LogP contribution in [0.2, 0.25) is 0 Å². The normalized spacial score (nSPS) is 19.0. The maximum absolute atomic E-state index is 11.9. The number of para-hydroxylation sites is 1. The zero-order chi connectivity index (χ0) is 13.0. The number of carbonyl (C=O) groups excluding carboxylic acids is 1. The highest BCUT2D eigenvalue weighted by atomic mass is 16.5. The van der Waals surface area contributed by atoms with E-state index in [0.717, 1.165) is 30.7 Å². The van der Waals surface area contributed by atoms with E-state index in [-0.39, 0.29) is 18.6 Å². The molecule has 4 nitrogen and oxygen atoms in total. The number of nitrogens with two attached hydrogens (primary N) is 1. The molecule has 2 N–H and O–H groups in total. The molecule has 0 aromatic heterocycles. The van der Waals surface area contributed by atoms with Crippen molar-refractivity contribution in [3.05, 3.63) is 29.8 Å². The fourth-order valence-corrected chi connectivity index (χ4v) is 2.18. The van der Waals surface area contributed by atoms with Gasteiger partial charge in [0.2, 0.25) is 0 Å². The van der Waals surface area contributed by atoms with Crippen LogP contribution in [-0.4, -0.2) is 36.5 Å². The number of ether oxygens (including phenoxy) is 1. The molecule has 0 aliphatic carbocycles. The summed E-state index contributed by atoms with van der Waals surface area (Å²) in [6.07, 6.45) is 1.79. The molecule has 0 saturated carbocycles. The molecule has 0 bridgehead atoms. The quantitative estimate of drug-likeness (QED) is 0.870. The fraction of sp³-hybridized carbons (Fsp3) is 0.500. The minimum absolute atomic E-state index is 0.0221. The first kappa shape index (κ1) is 12.9. The smallest absolute Gasteiger partial charge is 0.260 e. The summed E-state index contributed by atoms with van der Waals surface area (Å²) in [5.74, 6) is 0.825. The van der Waals surface area contributed by atoms with E-state index in [9.17, 15) is 4.79 Å². The second-order valence-electron chi connectivity index (χ2n) is 4.64. The molecule has 1 aromatic rings. The highest BCUT2D eigenvalue weighted by Gasteiger charge is 2.23. The van der Waals surface area contributed by atoms with Gasteiger partial charge in [0, 0.05) is 19.1 Å². The number of likely N-dealkylation sites (tertiary alicyclic amines) is 1. The van der Waals surface area contributed by atoms with Gasteiger partial charge in [0.25, 0.3) is 5.91 Å². The Hall–Kier alpha value is -1.55. The van der Waals surface area contributed by atoms with Crippen molar-refractivity contribution in [1.29, 1.82) is 0 Å². The summed E-state index contributed by atoms with van der Waals surface area (Å²) >= 11 is 0. The standard InChI is InChI=1S/C14H20N2O2/c1-2-11-5-3-4-6-13(11)18-10-14(17)16-8-7-12(15)9-16/h3-6,12H,2,7-10,15H2,1H3/t12-/m1/s1. The lowest BCUT2D eigenvalue weighted by atomic mass is 10.1. The highest BCUT2D eigenvalue weighted by molar-refractivity contribution is 5.78. The summed E-state index contributed by atoms with van der Waals surface area (Å²) in [4.78, 5) is 13.7. The Balaban J connectivity index is 1.89. The van der Waals surface area contributed by atoms with Crippen LogP contribution in [0.25, 0.3) is 0 Å². The first-order chi connectivity index (χ1) is 8.70. The SMILES string of the molecule is CCc1ccccc1OCC(=O)N1CC[C@@H](N)C1. The summed E-state index contributed by atoms with van der Waals surface area (Å²) in [5.41, 5.74) is 6.91. The Morgan fingerprint density at radius 2 is 2.28 bits per heavy atom. The Bertz CT molecular complexity index is 420. The Labute approximate surface area is 108 Å². The van der Waals surface area contributed by atoms with Crippen molar-refractivity contribution < 1.29 is 9.53 Å². The lowest BCUT2D eigenvalue weighted by Gasteiger charge is -2.17. The molecule has 1 saturated heterocycles. The van der Waals surface area contributed by atoms with Gasteiger partial charge < -0.3 is 15.4 Å². The van der Waals surface area contributed by atoms with E-state index < -0.39 is 0 Å². The van der Waals surface area contributed by atoms with Crippen molar-refractivity contribution in [3.8, 4) is 5.75 Å². The van der Waals surface area contributed by atoms with Gasteiger partial charge in [-0.25, -0.2) is 0 Å². The summed E-state index contributed by atoms with van der Waals surface area (Å²) in [6.45, 7) is 3.57. The monoisotopic (exact) mass is 248 g/mol. The van der Waals surface area contributed by atoms with Gasteiger partial charge in [0.15, 0.2) is 6.61 Å². The topological polar surface area (TPSA) is 55.6 Å². The van der Waals surface area contributed by atoms with Crippen LogP contribution in [0.1, 0.15) is 18.9 Å². The molecule has 1 heterocycles. The van der Waals surface area contributed by atoms with Crippen molar-refractivity contribution in [2.75, 3.05) is 19.7 Å². The fourth-order valence-electron chi connectivity index (χ4n) is 2.18. The Kier molecular flexibility index (Phi) is 4.20. The lowest BCUT2D eigenvalue weighted by molar-refractivity contribution is -0.132. The number of benzene rings is 1. The summed E-state index contributed by atoms with van der Waals surface area (Å²) in [7, 11) is 0. The average Bonchev–Trinajstić information content (AvgIpc) is 2.83. The van der Waals surface area contributed by atoms with Gasteiger partial charge in [0.05, 0.1) is 0 Å². The summed E-state index contributed by atoms with van der Waals surface area (Å²) in [6, 6.07) is 7.95. The number of nitrogens with zero attached hydrogens (tertiary/aromatic N) is 1. The molecular weight excluding hydrogens is 228 g/mol. The molecule has 18 heavy (non-hydrogen) atoms. The van der Waals surface area contributed by atoms with E-state index in [0.29, 0.717) is 6.54 Å². The van der Waals surface area contributed by atoms with Gasteiger partial charge in [-0.05, 0) is 24.5 Å². The molecule has 1 aliphatic heterocycles. The van der Waals surface area contributed by atoms with E-state index in [2.05, 4.69) is 6.92 Å². The molecule has 2 rings (SSSR count). The largest absolute Gasteiger partial charge is 0.483 e. The Morgan fingerprint density at radius 3 is 2.94 bits per heavy atom. The average molecular weight is 248 g/mol. The van der Waals surface area contributed by atoms with Crippen LogP contribution in [0, 0.1) is 0 Å². The van der Waals surface area contributed by atoms with Crippen LogP contribution in [0.15, 0.2) is 24.3 Å². The number of hydrogen-bond donors (Lipinski definition) is 1. The third-order valence-electron chi connectivity index (χ3n) is 3.28. The third-order valence-corrected chi connectivity index (χ3v) is 3.28. The van der Waals surface area contributed by atoms with Gasteiger partial charge in [-0.2, -0.15) is 0 Å². The van der Waals surface area contributed by atoms with E-state index >= 15 is 0 Å². The first-order valence-electron chi connectivity index (χ1n) is 6.44.